The van der Waals surface area contributed by atoms with Crippen LogP contribution in [0.2, 0.25) is 0 Å². The molecule has 14 nitrogen and oxygen atoms in total. The number of carbonyl (C=O) groups is 3. The molecule has 0 aliphatic carbocycles. The number of carboxylic acids is 1. The predicted molar refractivity (Wildman–Crippen MR) is 201 cm³/mol. The van der Waals surface area contributed by atoms with Crippen molar-refractivity contribution in [3.8, 4) is 17.2 Å². The van der Waals surface area contributed by atoms with E-state index in [1.807, 2.05) is 78.9 Å². The van der Waals surface area contributed by atoms with Crippen LogP contribution in [0.1, 0.15) is 27.0 Å². The maximum atomic E-state index is 13.8. The lowest BCUT2D eigenvalue weighted by molar-refractivity contribution is -0.144. The van der Waals surface area contributed by atoms with Crippen LogP contribution >= 0.6 is 0 Å². The third kappa shape index (κ3) is 7.98. The molecule has 0 atom stereocenters. The van der Waals surface area contributed by atoms with Crippen molar-refractivity contribution in [3.63, 3.8) is 0 Å². The topological polar surface area (TPSA) is 170 Å². The minimum atomic E-state index is -1.16. The van der Waals surface area contributed by atoms with Crippen molar-refractivity contribution in [2.45, 2.75) is 12.1 Å². The van der Waals surface area contributed by atoms with Gasteiger partial charge in [0.05, 0.1) is 33.2 Å². The molecule has 0 fully saturated rings. The summed E-state index contributed by atoms with van der Waals surface area (Å²) in [5, 5.41) is 16.3. The summed E-state index contributed by atoms with van der Waals surface area (Å²) in [5.41, 5.74) is 2.75. The Morgan fingerprint density at radius 2 is 1.30 bits per heavy atom. The number of hydrogen-bond acceptors (Lipinski definition) is 10. The Labute approximate surface area is 311 Å². The van der Waals surface area contributed by atoms with Crippen LogP contribution in [0.25, 0.3) is 11.2 Å². The smallest absolute Gasteiger partial charge is 0.323 e. The highest BCUT2D eigenvalue weighted by Gasteiger charge is 2.36. The summed E-state index contributed by atoms with van der Waals surface area (Å²) in [7, 11) is 4.75. The molecule has 2 aromatic heterocycles. The lowest BCUT2D eigenvalue weighted by Gasteiger charge is -2.38. The van der Waals surface area contributed by atoms with Gasteiger partial charge < -0.3 is 34.1 Å². The van der Waals surface area contributed by atoms with Crippen molar-refractivity contribution in [2.24, 2.45) is 0 Å². The van der Waals surface area contributed by atoms with Crippen molar-refractivity contribution in [1.82, 2.24) is 29.7 Å². The van der Waals surface area contributed by atoms with Gasteiger partial charge in [-0.2, -0.15) is 0 Å². The Kier molecular flexibility index (Phi) is 11.4. The average molecular weight is 730 g/mol. The standard InChI is InChI=1S/C40H39N7O7/c1-52-31-15-9-27(10-16-31)39(51)45-37-36-38(42-25-41-37)47(26-43-36)23-34(48)46(24-35(49)50)22-21-44-40(28-7-5-4-6-8-28,29-11-17-32(53-2)18-12-29)30-13-19-33(54-3)20-14-30/h4-20,25-26,44H,21-24H2,1-3H3,(H,49,50)(H,41,42,45,51). The number of ether oxygens (including phenoxy) is 3. The minimum absolute atomic E-state index is 0.0524. The molecule has 54 heavy (non-hydrogen) atoms. The van der Waals surface area contributed by atoms with E-state index in [1.54, 1.807) is 38.5 Å². The number of anilines is 1. The van der Waals surface area contributed by atoms with Gasteiger partial charge in [-0.25, -0.2) is 15.0 Å². The molecule has 2 amide bonds. The molecule has 3 N–H and O–H groups in total. The largest absolute Gasteiger partial charge is 0.497 e. The summed E-state index contributed by atoms with van der Waals surface area (Å²) in [4.78, 5) is 53.0. The summed E-state index contributed by atoms with van der Waals surface area (Å²) < 4.78 is 17.5. The van der Waals surface area contributed by atoms with Crippen LogP contribution < -0.4 is 24.8 Å². The summed E-state index contributed by atoms with van der Waals surface area (Å²) in [6.45, 7) is -0.528. The Hall–Kier alpha value is -6.80. The Balaban J connectivity index is 1.25. The first-order chi connectivity index (χ1) is 26.2. The number of nitrogens with zero attached hydrogens (tertiary/aromatic N) is 5. The van der Waals surface area contributed by atoms with Crippen LogP contribution in [-0.4, -0.2) is 88.3 Å². The van der Waals surface area contributed by atoms with Gasteiger partial charge in [-0.1, -0.05) is 54.6 Å². The molecule has 0 radical (unpaired) electrons. The minimum Gasteiger partial charge on any atom is -0.497 e. The number of nitrogens with one attached hydrogen (secondary N) is 2. The summed E-state index contributed by atoms with van der Waals surface area (Å²) in [6, 6.07) is 31.9. The highest BCUT2D eigenvalue weighted by atomic mass is 16.5. The molecule has 0 spiro atoms. The van der Waals surface area contributed by atoms with Crippen LogP contribution in [0.5, 0.6) is 17.2 Å². The van der Waals surface area contributed by atoms with Crippen molar-refractivity contribution < 1.29 is 33.7 Å². The molecule has 0 unspecified atom stereocenters. The van der Waals surface area contributed by atoms with Gasteiger partial charge >= 0.3 is 5.97 Å². The second-order valence-corrected chi connectivity index (χ2v) is 12.2. The van der Waals surface area contributed by atoms with Gasteiger partial charge in [0.2, 0.25) is 5.91 Å². The van der Waals surface area contributed by atoms with Crippen LogP contribution in [0.4, 0.5) is 5.82 Å². The number of imidazole rings is 1. The second-order valence-electron chi connectivity index (χ2n) is 12.2. The molecule has 0 bridgehead atoms. The third-order valence-electron chi connectivity index (χ3n) is 8.99. The monoisotopic (exact) mass is 729 g/mol. The third-order valence-corrected chi connectivity index (χ3v) is 8.99. The van der Waals surface area contributed by atoms with Crippen LogP contribution in [0, 0.1) is 0 Å². The zero-order valence-electron chi connectivity index (χ0n) is 29.9. The van der Waals surface area contributed by atoms with E-state index in [1.165, 1.54) is 29.2 Å². The van der Waals surface area contributed by atoms with Gasteiger partial charge in [0.15, 0.2) is 17.0 Å². The predicted octanol–water partition coefficient (Wildman–Crippen LogP) is 4.60. The molecular formula is C40H39N7O7. The zero-order chi connectivity index (χ0) is 38.1. The molecule has 14 heteroatoms. The lowest BCUT2D eigenvalue weighted by Crippen LogP contribution is -2.49. The summed E-state index contributed by atoms with van der Waals surface area (Å²) in [6.07, 6.45) is 2.67. The molecule has 276 valence electrons. The van der Waals surface area contributed by atoms with E-state index in [9.17, 15) is 19.5 Å². The van der Waals surface area contributed by atoms with Gasteiger partial charge in [-0.05, 0) is 65.2 Å². The molecule has 6 aromatic rings. The highest BCUT2D eigenvalue weighted by Crippen LogP contribution is 2.38. The number of hydrogen-bond donors (Lipinski definition) is 3. The molecule has 0 aliphatic rings. The maximum absolute atomic E-state index is 13.8. The van der Waals surface area contributed by atoms with Gasteiger partial charge in [0.25, 0.3) is 5.91 Å². The van der Waals surface area contributed by atoms with Gasteiger partial charge in [-0.15, -0.1) is 0 Å². The fourth-order valence-electron chi connectivity index (χ4n) is 6.27. The number of rotatable bonds is 16. The van der Waals surface area contributed by atoms with Crippen LogP contribution in [0.15, 0.2) is 116 Å². The average Bonchev–Trinajstić information content (AvgIpc) is 3.62. The molecule has 0 saturated heterocycles. The van der Waals surface area contributed by atoms with E-state index in [-0.39, 0.29) is 31.0 Å². The van der Waals surface area contributed by atoms with E-state index in [4.69, 9.17) is 14.2 Å². The van der Waals surface area contributed by atoms with Crippen molar-refractivity contribution in [2.75, 3.05) is 46.3 Å². The fraction of sp³-hybridized carbons (Fsp3) is 0.200. The van der Waals surface area contributed by atoms with E-state index in [0.29, 0.717) is 28.5 Å². The molecule has 4 aromatic carbocycles. The van der Waals surface area contributed by atoms with E-state index >= 15 is 0 Å². The lowest BCUT2D eigenvalue weighted by atomic mass is 9.77. The van der Waals surface area contributed by atoms with Gasteiger partial charge in [0, 0.05) is 18.7 Å². The fourth-order valence-corrected chi connectivity index (χ4v) is 6.27. The van der Waals surface area contributed by atoms with E-state index in [0.717, 1.165) is 16.7 Å². The van der Waals surface area contributed by atoms with Crippen LogP contribution in [0.3, 0.4) is 0 Å². The van der Waals surface area contributed by atoms with E-state index < -0.39 is 29.9 Å². The second kappa shape index (κ2) is 16.7. The number of aliphatic carboxylic acids is 1. The van der Waals surface area contributed by atoms with Crippen molar-refractivity contribution in [1.29, 1.82) is 0 Å². The number of fused-ring (bicyclic) bond motifs is 1. The number of benzene rings is 4. The number of methoxy groups -OCH3 is 3. The molecular weight excluding hydrogens is 690 g/mol. The highest BCUT2D eigenvalue weighted by molar-refractivity contribution is 6.06. The number of aromatic nitrogens is 4. The SMILES string of the molecule is COc1ccc(C(=O)Nc2ncnc3c2ncn3CC(=O)N(CCNC(c2ccccc2)(c2ccc(OC)cc2)c2ccc(OC)cc2)CC(=O)O)cc1. The van der Waals surface area contributed by atoms with E-state index in [2.05, 4.69) is 25.6 Å². The van der Waals surface area contributed by atoms with Crippen molar-refractivity contribution >= 4 is 34.8 Å². The molecule has 0 aliphatic heterocycles. The summed E-state index contributed by atoms with van der Waals surface area (Å²) in [5.74, 6) is 0.101. The Morgan fingerprint density at radius 3 is 1.85 bits per heavy atom. The maximum Gasteiger partial charge on any atom is 0.323 e. The quantitative estimate of drug-likeness (QED) is 0.119. The van der Waals surface area contributed by atoms with Crippen LogP contribution in [-0.2, 0) is 21.7 Å². The molecule has 6 rings (SSSR count). The summed E-state index contributed by atoms with van der Waals surface area (Å²) >= 11 is 0. The normalized spacial score (nSPS) is 11.2. The van der Waals surface area contributed by atoms with Gasteiger partial charge in [0.1, 0.15) is 36.7 Å². The molecule has 2 heterocycles. The first kappa shape index (κ1) is 37.0. The van der Waals surface area contributed by atoms with Gasteiger partial charge in [-0.3, -0.25) is 19.7 Å². The first-order valence-corrected chi connectivity index (χ1v) is 17.0. The zero-order valence-corrected chi connectivity index (χ0v) is 29.9. The Bertz CT molecular complexity index is 2160. The first-order valence-electron chi connectivity index (χ1n) is 17.0. The number of carbonyl (C=O) groups excluding carboxylic acids is 2. The molecule has 0 saturated carbocycles. The Morgan fingerprint density at radius 1 is 0.741 bits per heavy atom. The van der Waals surface area contributed by atoms with Crippen molar-refractivity contribution in [3.05, 3.63) is 138 Å². The number of carboxylic acid groups (broad SMARTS) is 1. The number of amides is 2.